The molecule has 6 nitrogen and oxygen atoms in total. The highest BCUT2D eigenvalue weighted by Crippen LogP contribution is 2.27. The van der Waals surface area contributed by atoms with Crippen molar-refractivity contribution in [1.82, 2.24) is 19.7 Å². The first-order valence-corrected chi connectivity index (χ1v) is 11.0. The smallest absolute Gasteiger partial charge is 0.234 e. The van der Waals surface area contributed by atoms with Crippen LogP contribution in [0.25, 0.3) is 5.69 Å². The van der Waals surface area contributed by atoms with Crippen molar-refractivity contribution < 1.29 is 4.79 Å². The summed E-state index contributed by atoms with van der Waals surface area (Å²) in [5.74, 6) is 0.951. The molecule has 0 aliphatic rings. The lowest BCUT2D eigenvalue weighted by molar-refractivity contribution is -0.113. The van der Waals surface area contributed by atoms with E-state index in [1.165, 1.54) is 11.8 Å². The molecule has 8 heteroatoms. The summed E-state index contributed by atoms with van der Waals surface area (Å²) < 4.78 is 1.98. The van der Waals surface area contributed by atoms with Gasteiger partial charge in [0, 0.05) is 16.4 Å². The van der Waals surface area contributed by atoms with Crippen molar-refractivity contribution in [2.24, 2.45) is 0 Å². The quantitative estimate of drug-likeness (QED) is 0.526. The second kappa shape index (κ2) is 9.64. The van der Waals surface area contributed by atoms with Crippen LogP contribution < -0.4 is 5.32 Å². The number of aryl methyl sites for hydroxylation is 2. The third-order valence-corrected chi connectivity index (χ3v) is 5.91. The molecule has 0 aliphatic heterocycles. The molecular formula is C22H26ClN5OS. The third-order valence-electron chi connectivity index (χ3n) is 4.73. The minimum Gasteiger partial charge on any atom is -0.325 e. The number of nitrogens with one attached hydrogen (secondary N) is 1. The van der Waals surface area contributed by atoms with Gasteiger partial charge in [-0.3, -0.25) is 14.3 Å². The molecule has 0 fully saturated rings. The van der Waals surface area contributed by atoms with Gasteiger partial charge < -0.3 is 5.32 Å². The number of thioether (sulfide) groups is 1. The summed E-state index contributed by atoms with van der Waals surface area (Å²) in [5.41, 5.74) is 3.94. The molecule has 30 heavy (non-hydrogen) atoms. The Morgan fingerprint density at radius 3 is 2.37 bits per heavy atom. The fourth-order valence-electron chi connectivity index (χ4n) is 3.08. The van der Waals surface area contributed by atoms with Crippen LogP contribution in [0, 0.1) is 13.8 Å². The van der Waals surface area contributed by atoms with Crippen LogP contribution in [0.5, 0.6) is 0 Å². The molecule has 0 saturated carbocycles. The maximum absolute atomic E-state index is 12.5. The van der Waals surface area contributed by atoms with Gasteiger partial charge >= 0.3 is 0 Å². The molecule has 0 aliphatic carbocycles. The van der Waals surface area contributed by atoms with Crippen molar-refractivity contribution in [1.29, 1.82) is 0 Å². The number of halogens is 1. The molecule has 1 atom stereocenters. The fraction of sp³-hybridized carbons (Fsp3) is 0.318. The number of benzene rings is 2. The molecule has 3 rings (SSSR count). The number of nitrogens with zero attached hydrogens (tertiary/aromatic N) is 4. The van der Waals surface area contributed by atoms with Gasteiger partial charge in [-0.1, -0.05) is 29.4 Å². The Bertz CT molecular complexity index is 1010. The van der Waals surface area contributed by atoms with Gasteiger partial charge in [0.1, 0.15) is 0 Å². The molecule has 0 bridgehead atoms. The summed E-state index contributed by atoms with van der Waals surface area (Å²) in [5, 5.41) is 13.1. The molecule has 1 aromatic heterocycles. The Labute approximate surface area is 186 Å². The van der Waals surface area contributed by atoms with Gasteiger partial charge in [0.25, 0.3) is 0 Å². The molecule has 3 aromatic rings. The van der Waals surface area contributed by atoms with E-state index < -0.39 is 0 Å². The first-order valence-electron chi connectivity index (χ1n) is 9.63. The molecule has 1 heterocycles. The number of hydrogen-bond donors (Lipinski definition) is 1. The van der Waals surface area contributed by atoms with E-state index in [-0.39, 0.29) is 17.7 Å². The van der Waals surface area contributed by atoms with Gasteiger partial charge in [-0.05, 0) is 82.4 Å². The summed E-state index contributed by atoms with van der Waals surface area (Å²) in [6.07, 6.45) is 0. The van der Waals surface area contributed by atoms with Crippen molar-refractivity contribution in [3.05, 3.63) is 64.4 Å². The van der Waals surface area contributed by atoms with Gasteiger partial charge in [0.2, 0.25) is 5.91 Å². The Hall–Kier alpha value is -2.35. The van der Waals surface area contributed by atoms with Gasteiger partial charge in [0.05, 0.1) is 11.8 Å². The molecule has 158 valence electrons. The number of amides is 1. The van der Waals surface area contributed by atoms with Crippen molar-refractivity contribution >= 4 is 35.0 Å². The summed E-state index contributed by atoms with van der Waals surface area (Å²) in [4.78, 5) is 14.6. The zero-order chi connectivity index (χ0) is 21.8. The summed E-state index contributed by atoms with van der Waals surface area (Å²) >= 11 is 7.42. The van der Waals surface area contributed by atoms with E-state index in [0.29, 0.717) is 10.2 Å². The summed E-state index contributed by atoms with van der Waals surface area (Å²) in [6.45, 7) is 6.09. The molecular weight excluding hydrogens is 418 g/mol. The average molecular weight is 444 g/mol. The molecule has 0 spiro atoms. The zero-order valence-electron chi connectivity index (χ0n) is 17.8. The topological polar surface area (TPSA) is 63.1 Å². The maximum atomic E-state index is 12.5. The molecule has 1 amide bonds. The fourth-order valence-corrected chi connectivity index (χ4v) is 3.97. The SMILES string of the molecule is Cc1cc(C)cc(NC(=O)CSc2nnc(C(C)N(C)C)n2-c2ccc(Cl)cc2)c1. The Kier molecular flexibility index (Phi) is 7.18. The second-order valence-electron chi connectivity index (χ2n) is 7.51. The number of anilines is 1. The van der Waals surface area contributed by atoms with Crippen LogP contribution in [0.2, 0.25) is 5.02 Å². The van der Waals surface area contributed by atoms with E-state index in [1.807, 2.05) is 68.9 Å². The van der Waals surface area contributed by atoms with E-state index >= 15 is 0 Å². The lowest BCUT2D eigenvalue weighted by atomic mass is 10.1. The predicted molar refractivity (Wildman–Crippen MR) is 124 cm³/mol. The minimum absolute atomic E-state index is 0.0478. The molecule has 2 aromatic carbocycles. The second-order valence-corrected chi connectivity index (χ2v) is 8.88. The first kappa shape index (κ1) is 22.3. The first-order chi connectivity index (χ1) is 14.2. The monoisotopic (exact) mass is 443 g/mol. The predicted octanol–water partition coefficient (Wildman–Crippen LogP) is 4.89. The molecule has 0 radical (unpaired) electrons. The Morgan fingerprint density at radius 1 is 1.13 bits per heavy atom. The van der Waals surface area contributed by atoms with Crippen molar-refractivity contribution in [3.63, 3.8) is 0 Å². The van der Waals surface area contributed by atoms with Crippen LogP contribution in [-0.4, -0.2) is 45.4 Å². The van der Waals surface area contributed by atoms with Gasteiger partial charge in [0.15, 0.2) is 11.0 Å². The van der Waals surface area contributed by atoms with E-state index in [4.69, 9.17) is 11.6 Å². The van der Waals surface area contributed by atoms with Crippen molar-refractivity contribution in [2.75, 3.05) is 25.2 Å². The number of hydrogen-bond acceptors (Lipinski definition) is 5. The van der Waals surface area contributed by atoms with Crippen LogP contribution in [0.3, 0.4) is 0 Å². The largest absolute Gasteiger partial charge is 0.325 e. The third kappa shape index (κ3) is 5.41. The highest BCUT2D eigenvalue weighted by atomic mass is 35.5. The zero-order valence-corrected chi connectivity index (χ0v) is 19.4. The van der Waals surface area contributed by atoms with E-state index in [2.05, 4.69) is 33.4 Å². The summed E-state index contributed by atoms with van der Waals surface area (Å²) in [6, 6.07) is 13.6. The highest BCUT2D eigenvalue weighted by Gasteiger charge is 2.21. The van der Waals surface area contributed by atoms with Gasteiger partial charge in [-0.25, -0.2) is 0 Å². The lowest BCUT2D eigenvalue weighted by Crippen LogP contribution is -2.21. The normalized spacial score (nSPS) is 12.2. The van der Waals surface area contributed by atoms with Crippen LogP contribution in [-0.2, 0) is 4.79 Å². The molecule has 1 unspecified atom stereocenters. The number of rotatable bonds is 7. The lowest BCUT2D eigenvalue weighted by Gasteiger charge is -2.20. The Morgan fingerprint density at radius 2 is 1.77 bits per heavy atom. The number of aromatic nitrogens is 3. The van der Waals surface area contributed by atoms with Crippen LogP contribution in [0.4, 0.5) is 5.69 Å². The Balaban J connectivity index is 1.81. The van der Waals surface area contributed by atoms with Crippen molar-refractivity contribution in [2.45, 2.75) is 32.0 Å². The number of carbonyl (C=O) groups excluding carboxylic acids is 1. The van der Waals surface area contributed by atoms with E-state index in [1.54, 1.807) is 0 Å². The standard InChI is InChI=1S/C22H26ClN5OS/c1-14-10-15(2)12-18(11-14)24-20(29)13-30-22-26-25-21(16(3)27(4)5)28(22)19-8-6-17(23)7-9-19/h6-12,16H,13H2,1-5H3,(H,24,29). The number of carbonyl (C=O) groups is 1. The highest BCUT2D eigenvalue weighted by molar-refractivity contribution is 7.99. The van der Waals surface area contributed by atoms with Gasteiger partial charge in [-0.15, -0.1) is 10.2 Å². The van der Waals surface area contributed by atoms with Gasteiger partial charge in [-0.2, -0.15) is 0 Å². The van der Waals surface area contributed by atoms with Crippen LogP contribution in [0.1, 0.15) is 29.9 Å². The van der Waals surface area contributed by atoms with E-state index in [9.17, 15) is 4.79 Å². The van der Waals surface area contributed by atoms with Crippen LogP contribution in [0.15, 0.2) is 47.6 Å². The van der Waals surface area contributed by atoms with Crippen LogP contribution >= 0.6 is 23.4 Å². The summed E-state index contributed by atoms with van der Waals surface area (Å²) in [7, 11) is 3.99. The van der Waals surface area contributed by atoms with Crippen molar-refractivity contribution in [3.8, 4) is 5.69 Å². The molecule has 0 saturated heterocycles. The maximum Gasteiger partial charge on any atom is 0.234 e. The average Bonchev–Trinajstić information content (AvgIpc) is 3.09. The van der Waals surface area contributed by atoms with E-state index in [0.717, 1.165) is 28.3 Å². The molecule has 1 N–H and O–H groups in total. The minimum atomic E-state index is -0.0853.